The lowest BCUT2D eigenvalue weighted by molar-refractivity contribution is -0.139. The third-order valence-electron chi connectivity index (χ3n) is 3.98. The molecule has 0 bridgehead atoms. The molecule has 6 nitrogen and oxygen atoms in total. The molecule has 0 aliphatic rings. The van der Waals surface area contributed by atoms with Gasteiger partial charge >= 0.3 is 12.0 Å². The quantitative estimate of drug-likeness (QED) is 0.575. The van der Waals surface area contributed by atoms with Gasteiger partial charge < -0.3 is 20.7 Å². The fourth-order valence-electron chi connectivity index (χ4n) is 2.77. The first-order valence-corrected chi connectivity index (χ1v) is 7.95. The zero-order valence-corrected chi connectivity index (χ0v) is 13.7. The number of hydrogen-bond donors (Lipinski definition) is 4. The van der Waals surface area contributed by atoms with Crippen LogP contribution in [-0.2, 0) is 11.2 Å². The molecular weight excluding hydrogens is 318 g/mol. The van der Waals surface area contributed by atoms with Gasteiger partial charge in [-0.05, 0) is 36.2 Å². The van der Waals surface area contributed by atoms with Crippen molar-refractivity contribution in [3.8, 4) is 0 Å². The molecule has 1 heterocycles. The first-order valence-electron chi connectivity index (χ1n) is 7.95. The van der Waals surface area contributed by atoms with Crippen LogP contribution in [0.25, 0.3) is 10.9 Å². The van der Waals surface area contributed by atoms with Gasteiger partial charge in [0.2, 0.25) is 0 Å². The van der Waals surface area contributed by atoms with Crippen molar-refractivity contribution in [1.29, 1.82) is 0 Å². The van der Waals surface area contributed by atoms with Crippen molar-refractivity contribution in [2.45, 2.75) is 19.4 Å². The van der Waals surface area contributed by atoms with E-state index in [2.05, 4.69) is 15.6 Å². The summed E-state index contributed by atoms with van der Waals surface area (Å²) in [5.74, 6) is -1.08. The van der Waals surface area contributed by atoms with Crippen LogP contribution in [0.2, 0.25) is 0 Å². The molecule has 0 spiro atoms. The number of carbonyl (C=O) groups excluding carboxylic acids is 1. The van der Waals surface area contributed by atoms with E-state index in [1.165, 1.54) is 0 Å². The Morgan fingerprint density at radius 1 is 1.16 bits per heavy atom. The van der Waals surface area contributed by atoms with Gasteiger partial charge in [-0.15, -0.1) is 0 Å². The van der Waals surface area contributed by atoms with E-state index in [0.717, 1.165) is 22.0 Å². The summed E-state index contributed by atoms with van der Waals surface area (Å²) in [4.78, 5) is 26.8. The van der Waals surface area contributed by atoms with E-state index in [0.29, 0.717) is 5.69 Å². The molecule has 25 heavy (non-hydrogen) atoms. The Balaban J connectivity index is 1.71. The lowest BCUT2D eigenvalue weighted by Gasteiger charge is -2.15. The molecule has 0 fully saturated rings. The number of aryl methyl sites for hydroxylation is 1. The maximum Gasteiger partial charge on any atom is 0.326 e. The molecule has 2 aromatic carbocycles. The van der Waals surface area contributed by atoms with Gasteiger partial charge in [0.1, 0.15) is 6.04 Å². The van der Waals surface area contributed by atoms with Gasteiger partial charge in [-0.3, -0.25) is 0 Å². The minimum Gasteiger partial charge on any atom is -0.480 e. The minimum absolute atomic E-state index is 0.195. The highest BCUT2D eigenvalue weighted by atomic mass is 16.4. The van der Waals surface area contributed by atoms with E-state index < -0.39 is 18.0 Å². The first kappa shape index (κ1) is 16.6. The Kier molecular flexibility index (Phi) is 4.70. The van der Waals surface area contributed by atoms with Crippen LogP contribution in [0.3, 0.4) is 0 Å². The second-order valence-corrected chi connectivity index (χ2v) is 5.92. The summed E-state index contributed by atoms with van der Waals surface area (Å²) in [6, 6.07) is 13.4. The van der Waals surface area contributed by atoms with Crippen LogP contribution in [0, 0.1) is 6.92 Å². The SMILES string of the molecule is Cc1cccc(NC(=O)N[C@@H](Cc2c[nH]c3ccccc23)C(=O)O)c1. The van der Waals surface area contributed by atoms with Crippen LogP contribution in [0.1, 0.15) is 11.1 Å². The number of carbonyl (C=O) groups is 2. The highest BCUT2D eigenvalue weighted by molar-refractivity contribution is 5.92. The van der Waals surface area contributed by atoms with Crippen molar-refractivity contribution < 1.29 is 14.7 Å². The Morgan fingerprint density at radius 2 is 1.96 bits per heavy atom. The summed E-state index contributed by atoms with van der Waals surface area (Å²) < 4.78 is 0. The summed E-state index contributed by atoms with van der Waals surface area (Å²) in [5.41, 5.74) is 3.41. The van der Waals surface area contributed by atoms with Crippen LogP contribution in [-0.4, -0.2) is 28.1 Å². The molecule has 0 radical (unpaired) electrons. The molecule has 0 saturated heterocycles. The number of urea groups is 1. The average molecular weight is 337 g/mol. The zero-order valence-electron chi connectivity index (χ0n) is 13.7. The maximum absolute atomic E-state index is 12.1. The van der Waals surface area contributed by atoms with Crippen molar-refractivity contribution in [2.24, 2.45) is 0 Å². The summed E-state index contributed by atoms with van der Waals surface area (Å²) in [5, 5.41) is 15.6. The average Bonchev–Trinajstić information content (AvgIpc) is 2.97. The number of rotatable bonds is 5. The highest BCUT2D eigenvalue weighted by Crippen LogP contribution is 2.19. The van der Waals surface area contributed by atoms with Crippen LogP contribution >= 0.6 is 0 Å². The number of nitrogens with one attached hydrogen (secondary N) is 3. The number of hydrogen-bond acceptors (Lipinski definition) is 2. The molecule has 2 amide bonds. The van der Waals surface area contributed by atoms with E-state index in [1.807, 2.05) is 49.4 Å². The van der Waals surface area contributed by atoms with Gasteiger partial charge in [0.05, 0.1) is 0 Å². The van der Waals surface area contributed by atoms with E-state index in [4.69, 9.17) is 0 Å². The number of aromatic nitrogens is 1. The first-order chi connectivity index (χ1) is 12.0. The van der Waals surface area contributed by atoms with Gasteiger partial charge in [0, 0.05) is 29.2 Å². The molecule has 0 saturated carbocycles. The molecule has 128 valence electrons. The molecule has 1 aromatic heterocycles. The predicted octanol–water partition coefficient (Wildman–Crippen LogP) is 3.29. The molecular formula is C19H19N3O3. The smallest absolute Gasteiger partial charge is 0.326 e. The number of amides is 2. The van der Waals surface area contributed by atoms with Gasteiger partial charge in [0.25, 0.3) is 0 Å². The third-order valence-corrected chi connectivity index (χ3v) is 3.98. The summed E-state index contributed by atoms with van der Waals surface area (Å²) in [7, 11) is 0. The maximum atomic E-state index is 12.1. The number of aliphatic carboxylic acids is 1. The Morgan fingerprint density at radius 3 is 2.72 bits per heavy atom. The van der Waals surface area contributed by atoms with Gasteiger partial charge in [0.15, 0.2) is 0 Å². The summed E-state index contributed by atoms with van der Waals surface area (Å²) in [6.45, 7) is 1.92. The van der Waals surface area contributed by atoms with E-state index in [-0.39, 0.29) is 6.42 Å². The number of para-hydroxylation sites is 1. The molecule has 0 aliphatic carbocycles. The van der Waals surface area contributed by atoms with E-state index in [9.17, 15) is 14.7 Å². The number of fused-ring (bicyclic) bond motifs is 1. The fourth-order valence-corrected chi connectivity index (χ4v) is 2.77. The highest BCUT2D eigenvalue weighted by Gasteiger charge is 2.22. The minimum atomic E-state index is -1.08. The number of benzene rings is 2. The Bertz CT molecular complexity index is 917. The van der Waals surface area contributed by atoms with Crippen molar-refractivity contribution in [2.75, 3.05) is 5.32 Å². The van der Waals surface area contributed by atoms with Gasteiger partial charge in [-0.1, -0.05) is 30.3 Å². The summed E-state index contributed by atoms with van der Waals surface area (Å²) in [6.07, 6.45) is 1.97. The molecule has 1 atom stereocenters. The molecule has 4 N–H and O–H groups in total. The molecule has 0 aliphatic heterocycles. The molecule has 3 aromatic rings. The number of carboxylic acids is 1. The zero-order chi connectivity index (χ0) is 17.8. The third kappa shape index (κ3) is 3.98. The normalized spacial score (nSPS) is 11.9. The van der Waals surface area contributed by atoms with Gasteiger partial charge in [-0.2, -0.15) is 0 Å². The topological polar surface area (TPSA) is 94.2 Å². The lowest BCUT2D eigenvalue weighted by Crippen LogP contribution is -2.44. The Hall–Kier alpha value is -3.28. The summed E-state index contributed by atoms with van der Waals surface area (Å²) >= 11 is 0. The van der Waals surface area contributed by atoms with Crippen LogP contribution in [0.5, 0.6) is 0 Å². The van der Waals surface area contributed by atoms with Crippen molar-refractivity contribution >= 4 is 28.6 Å². The number of aromatic amines is 1. The predicted molar refractivity (Wildman–Crippen MR) is 96.8 cm³/mol. The monoisotopic (exact) mass is 337 g/mol. The number of carboxylic acid groups (broad SMARTS) is 1. The molecule has 6 heteroatoms. The van der Waals surface area contributed by atoms with E-state index in [1.54, 1.807) is 12.3 Å². The van der Waals surface area contributed by atoms with Crippen molar-refractivity contribution in [3.05, 3.63) is 65.9 Å². The standard InChI is InChI=1S/C19H19N3O3/c1-12-5-4-6-14(9-12)21-19(25)22-17(18(23)24)10-13-11-20-16-8-3-2-7-15(13)16/h2-9,11,17,20H,10H2,1H3,(H,23,24)(H2,21,22,25)/t17-/m0/s1. The largest absolute Gasteiger partial charge is 0.480 e. The number of anilines is 1. The van der Waals surface area contributed by atoms with Crippen LogP contribution < -0.4 is 10.6 Å². The lowest BCUT2D eigenvalue weighted by atomic mass is 10.1. The van der Waals surface area contributed by atoms with E-state index >= 15 is 0 Å². The van der Waals surface area contributed by atoms with Crippen LogP contribution in [0.4, 0.5) is 10.5 Å². The number of H-pyrrole nitrogens is 1. The van der Waals surface area contributed by atoms with Gasteiger partial charge in [-0.25, -0.2) is 9.59 Å². The molecule has 0 unspecified atom stereocenters. The van der Waals surface area contributed by atoms with Crippen LogP contribution in [0.15, 0.2) is 54.7 Å². The van der Waals surface area contributed by atoms with Crippen molar-refractivity contribution in [3.63, 3.8) is 0 Å². The second kappa shape index (κ2) is 7.09. The fraction of sp³-hybridized carbons (Fsp3) is 0.158. The molecule has 3 rings (SSSR count). The van der Waals surface area contributed by atoms with Crippen molar-refractivity contribution in [1.82, 2.24) is 10.3 Å². The Labute approximate surface area is 144 Å². The second-order valence-electron chi connectivity index (χ2n) is 5.92.